The number of hydrogen-bond donors (Lipinski definition) is 3. The molecule has 0 saturated carbocycles. The number of nitrogens with one attached hydrogen (secondary N) is 2. The molecule has 0 radical (unpaired) electrons. The minimum Gasteiger partial charge on any atom is -0.396 e. The van der Waals surface area contributed by atoms with Crippen molar-refractivity contribution in [2.45, 2.75) is 12.3 Å². The standard InChI is InChI=1S/C14H20N2O2S/c17-7-3-8-19-9-6-15-14(18)12-10-16-13-5-2-1-4-11(12)13/h1-2,4-5,12,16-17H,3,6-10H2,(H,15,18). The molecule has 1 amide bonds. The van der Waals surface area contributed by atoms with Crippen molar-refractivity contribution >= 4 is 23.4 Å². The Hall–Kier alpha value is -1.20. The molecule has 1 heterocycles. The highest BCUT2D eigenvalue weighted by Gasteiger charge is 2.27. The van der Waals surface area contributed by atoms with Gasteiger partial charge >= 0.3 is 0 Å². The summed E-state index contributed by atoms with van der Waals surface area (Å²) in [5.74, 6) is 1.87. The van der Waals surface area contributed by atoms with E-state index in [1.54, 1.807) is 11.8 Å². The molecule has 1 aliphatic rings. The van der Waals surface area contributed by atoms with Gasteiger partial charge in [-0.1, -0.05) is 18.2 Å². The second-order valence-electron chi connectivity index (χ2n) is 4.50. The van der Waals surface area contributed by atoms with Gasteiger partial charge in [0.1, 0.15) is 0 Å². The van der Waals surface area contributed by atoms with E-state index < -0.39 is 0 Å². The zero-order valence-corrected chi connectivity index (χ0v) is 11.7. The minimum absolute atomic E-state index is 0.0707. The average molecular weight is 280 g/mol. The van der Waals surface area contributed by atoms with Crippen molar-refractivity contribution in [1.82, 2.24) is 5.32 Å². The molecule has 104 valence electrons. The number of para-hydroxylation sites is 1. The van der Waals surface area contributed by atoms with Crippen molar-refractivity contribution in [3.05, 3.63) is 29.8 Å². The third kappa shape index (κ3) is 3.88. The number of anilines is 1. The first kappa shape index (κ1) is 14.2. The third-order valence-electron chi connectivity index (χ3n) is 3.14. The zero-order chi connectivity index (χ0) is 13.5. The van der Waals surface area contributed by atoms with Crippen molar-refractivity contribution in [3.63, 3.8) is 0 Å². The Morgan fingerprint density at radius 1 is 1.42 bits per heavy atom. The molecule has 3 N–H and O–H groups in total. The largest absolute Gasteiger partial charge is 0.396 e. The van der Waals surface area contributed by atoms with Crippen molar-refractivity contribution in [2.24, 2.45) is 0 Å². The van der Waals surface area contributed by atoms with Gasteiger partial charge in [0.25, 0.3) is 0 Å². The van der Waals surface area contributed by atoms with Gasteiger partial charge in [0.2, 0.25) is 5.91 Å². The van der Waals surface area contributed by atoms with Gasteiger partial charge in [0.15, 0.2) is 0 Å². The molecular weight excluding hydrogens is 260 g/mol. The third-order valence-corrected chi connectivity index (χ3v) is 4.21. The molecule has 19 heavy (non-hydrogen) atoms. The second-order valence-corrected chi connectivity index (χ2v) is 5.73. The van der Waals surface area contributed by atoms with E-state index in [0.29, 0.717) is 13.1 Å². The molecule has 1 atom stereocenters. The first-order valence-electron chi connectivity index (χ1n) is 6.62. The van der Waals surface area contributed by atoms with Gasteiger partial charge in [0.05, 0.1) is 5.92 Å². The molecule has 0 aromatic heterocycles. The molecule has 1 aromatic rings. The SMILES string of the molecule is O=C(NCCSCCCO)C1CNc2ccccc21. The predicted octanol–water partition coefficient (Wildman–Crippen LogP) is 1.43. The number of thioether (sulfide) groups is 1. The topological polar surface area (TPSA) is 61.4 Å². The summed E-state index contributed by atoms with van der Waals surface area (Å²) >= 11 is 1.76. The summed E-state index contributed by atoms with van der Waals surface area (Å²) in [7, 11) is 0. The van der Waals surface area contributed by atoms with Crippen LogP contribution in [-0.2, 0) is 4.79 Å². The van der Waals surface area contributed by atoms with Gasteiger partial charge in [-0.05, 0) is 23.8 Å². The summed E-state index contributed by atoms with van der Waals surface area (Å²) in [6, 6.07) is 7.96. The fraction of sp³-hybridized carbons (Fsp3) is 0.500. The number of aliphatic hydroxyl groups excluding tert-OH is 1. The van der Waals surface area contributed by atoms with Gasteiger partial charge in [0, 0.05) is 31.1 Å². The monoisotopic (exact) mass is 280 g/mol. The smallest absolute Gasteiger partial charge is 0.229 e. The number of rotatable bonds is 7. The van der Waals surface area contributed by atoms with E-state index in [0.717, 1.165) is 29.2 Å². The Bertz CT molecular complexity index is 426. The van der Waals surface area contributed by atoms with Gasteiger partial charge < -0.3 is 15.7 Å². The molecule has 0 saturated heterocycles. The Labute approximate surface area is 118 Å². The maximum absolute atomic E-state index is 12.1. The second kappa shape index (κ2) is 7.40. The van der Waals surface area contributed by atoms with Gasteiger partial charge in [-0.15, -0.1) is 0 Å². The number of fused-ring (bicyclic) bond motifs is 1. The zero-order valence-electron chi connectivity index (χ0n) is 10.9. The summed E-state index contributed by atoms with van der Waals surface area (Å²) < 4.78 is 0. The summed E-state index contributed by atoms with van der Waals surface area (Å²) in [4.78, 5) is 12.1. The van der Waals surface area contributed by atoms with E-state index in [4.69, 9.17) is 5.11 Å². The number of carbonyl (C=O) groups is 1. The van der Waals surface area contributed by atoms with E-state index in [2.05, 4.69) is 10.6 Å². The first-order valence-corrected chi connectivity index (χ1v) is 7.77. The molecular formula is C14H20N2O2S. The van der Waals surface area contributed by atoms with Crippen LogP contribution in [0.25, 0.3) is 0 Å². The van der Waals surface area contributed by atoms with Crippen LogP contribution in [0.4, 0.5) is 5.69 Å². The van der Waals surface area contributed by atoms with Crippen molar-refractivity contribution in [1.29, 1.82) is 0 Å². The van der Waals surface area contributed by atoms with Crippen molar-refractivity contribution in [3.8, 4) is 0 Å². The highest BCUT2D eigenvalue weighted by atomic mass is 32.2. The van der Waals surface area contributed by atoms with Crippen LogP contribution in [-0.4, -0.2) is 42.2 Å². The molecule has 0 spiro atoms. The fourth-order valence-electron chi connectivity index (χ4n) is 2.16. The van der Waals surface area contributed by atoms with Crippen molar-refractivity contribution in [2.75, 3.05) is 36.5 Å². The highest BCUT2D eigenvalue weighted by Crippen LogP contribution is 2.30. The van der Waals surface area contributed by atoms with Crippen LogP contribution >= 0.6 is 11.8 Å². The Kier molecular flexibility index (Phi) is 5.54. The highest BCUT2D eigenvalue weighted by molar-refractivity contribution is 7.99. The van der Waals surface area contributed by atoms with E-state index in [1.165, 1.54) is 0 Å². The van der Waals surface area contributed by atoms with Gasteiger partial charge in [-0.25, -0.2) is 0 Å². The number of carbonyl (C=O) groups excluding carboxylic acids is 1. The average Bonchev–Trinajstić information content (AvgIpc) is 2.86. The summed E-state index contributed by atoms with van der Waals surface area (Å²) in [6.45, 7) is 1.61. The lowest BCUT2D eigenvalue weighted by molar-refractivity contribution is -0.122. The Morgan fingerprint density at radius 3 is 3.11 bits per heavy atom. The van der Waals surface area contributed by atoms with Crippen LogP contribution < -0.4 is 10.6 Å². The molecule has 4 nitrogen and oxygen atoms in total. The lowest BCUT2D eigenvalue weighted by atomic mass is 10.0. The molecule has 0 fully saturated rings. The van der Waals surface area contributed by atoms with E-state index in [1.807, 2.05) is 24.3 Å². The van der Waals surface area contributed by atoms with Crippen LogP contribution in [0, 0.1) is 0 Å². The summed E-state index contributed by atoms with van der Waals surface area (Å²) in [6.07, 6.45) is 0.818. The maximum Gasteiger partial charge on any atom is 0.229 e. The van der Waals surface area contributed by atoms with Crippen LogP contribution in [0.2, 0.25) is 0 Å². The molecule has 0 aliphatic carbocycles. The normalized spacial score (nSPS) is 16.8. The van der Waals surface area contributed by atoms with Crippen molar-refractivity contribution < 1.29 is 9.90 Å². The summed E-state index contributed by atoms with van der Waals surface area (Å²) in [5, 5.41) is 14.9. The molecule has 1 aromatic carbocycles. The lowest BCUT2D eigenvalue weighted by Gasteiger charge is -2.11. The van der Waals surface area contributed by atoms with Crippen LogP contribution in [0.15, 0.2) is 24.3 Å². The Balaban J connectivity index is 1.73. The molecule has 2 rings (SSSR count). The minimum atomic E-state index is -0.0707. The van der Waals surface area contributed by atoms with Gasteiger partial charge in [-0.3, -0.25) is 4.79 Å². The van der Waals surface area contributed by atoms with E-state index in [-0.39, 0.29) is 18.4 Å². The van der Waals surface area contributed by atoms with E-state index in [9.17, 15) is 4.79 Å². The molecule has 0 bridgehead atoms. The number of benzene rings is 1. The number of aliphatic hydroxyl groups is 1. The number of amides is 1. The predicted molar refractivity (Wildman–Crippen MR) is 79.7 cm³/mol. The molecule has 1 aliphatic heterocycles. The van der Waals surface area contributed by atoms with E-state index >= 15 is 0 Å². The summed E-state index contributed by atoms with van der Waals surface area (Å²) in [5.41, 5.74) is 2.16. The van der Waals surface area contributed by atoms with Crippen LogP contribution in [0.5, 0.6) is 0 Å². The molecule has 1 unspecified atom stereocenters. The Morgan fingerprint density at radius 2 is 2.26 bits per heavy atom. The fourth-order valence-corrected chi connectivity index (χ4v) is 2.94. The van der Waals surface area contributed by atoms with Crippen LogP contribution in [0.3, 0.4) is 0 Å². The first-order chi connectivity index (χ1) is 9.33. The quantitative estimate of drug-likeness (QED) is 0.661. The van der Waals surface area contributed by atoms with Crippen LogP contribution in [0.1, 0.15) is 17.9 Å². The molecule has 5 heteroatoms. The maximum atomic E-state index is 12.1. The number of hydrogen-bond acceptors (Lipinski definition) is 4. The van der Waals surface area contributed by atoms with Gasteiger partial charge in [-0.2, -0.15) is 11.8 Å². The lowest BCUT2D eigenvalue weighted by Crippen LogP contribution is -2.32.